The van der Waals surface area contributed by atoms with E-state index in [1.807, 2.05) is 60.7 Å². The maximum atomic E-state index is 3.72. The fraction of sp³-hybridized carbons (Fsp3) is 0. The van der Waals surface area contributed by atoms with Crippen molar-refractivity contribution in [3.8, 4) is 0 Å². The second kappa shape index (κ2) is 13.1. The van der Waals surface area contributed by atoms with Crippen LogP contribution < -0.4 is 0 Å². The van der Waals surface area contributed by atoms with Crippen molar-refractivity contribution >= 4 is 0 Å². The summed E-state index contributed by atoms with van der Waals surface area (Å²) in [5, 5.41) is 0. The van der Waals surface area contributed by atoms with Crippen LogP contribution in [0.15, 0.2) is 60.7 Å². The molecule has 0 aliphatic heterocycles. The van der Waals surface area contributed by atoms with Crippen LogP contribution >= 0.6 is 0 Å². The molecule has 0 saturated carbocycles. The van der Waals surface area contributed by atoms with Crippen molar-refractivity contribution < 1.29 is 26.2 Å². The van der Waals surface area contributed by atoms with E-state index >= 15 is 0 Å². The van der Waals surface area contributed by atoms with Gasteiger partial charge in [-0.2, -0.15) is 49.2 Å². The van der Waals surface area contributed by atoms with Crippen LogP contribution in [-0.4, -0.2) is 0 Å². The van der Waals surface area contributed by atoms with E-state index in [0.717, 1.165) is 11.1 Å². The molecule has 1 heteroatoms. The first-order chi connectivity index (χ1) is 6.79. The maximum Gasteiger partial charge on any atom is 4.00 e. The Morgan fingerprint density at radius 3 is 0.882 bits per heavy atom. The molecular formula is C16H20Zr. The van der Waals surface area contributed by atoms with Crippen molar-refractivity contribution in [3.63, 3.8) is 0 Å². The Morgan fingerprint density at radius 2 is 0.765 bits per heavy atom. The second-order valence-electron chi connectivity index (χ2n) is 2.97. The van der Waals surface area contributed by atoms with Gasteiger partial charge >= 0.3 is 26.2 Å². The minimum Gasteiger partial charge on any atom is -0.358 e. The van der Waals surface area contributed by atoms with E-state index in [-0.39, 0.29) is 41.1 Å². The van der Waals surface area contributed by atoms with Crippen LogP contribution in [0.5, 0.6) is 0 Å². The van der Waals surface area contributed by atoms with Crippen LogP contribution in [0.1, 0.15) is 11.1 Å². The molecule has 2 aromatic carbocycles. The topological polar surface area (TPSA) is 0 Å². The smallest absolute Gasteiger partial charge is 0.358 e. The first-order valence-corrected chi connectivity index (χ1v) is 4.53. The SMILES string of the molecule is [CH2-]c1ccccc1.[CH2-]c1ccccc1.[CH3-].[CH3-].[Zr+4]. The fourth-order valence-electron chi connectivity index (χ4n) is 0.956. The number of benzene rings is 2. The van der Waals surface area contributed by atoms with E-state index in [1.165, 1.54) is 0 Å². The molecule has 0 aliphatic carbocycles. The average Bonchev–Trinajstić information content (AvgIpc) is 2.21. The van der Waals surface area contributed by atoms with Gasteiger partial charge in [0.15, 0.2) is 0 Å². The van der Waals surface area contributed by atoms with Gasteiger partial charge < -0.3 is 14.9 Å². The molecule has 0 atom stereocenters. The quantitative estimate of drug-likeness (QED) is 0.622. The molecule has 0 spiro atoms. The van der Waals surface area contributed by atoms with Gasteiger partial charge in [-0.05, 0) is 0 Å². The van der Waals surface area contributed by atoms with Crippen LogP contribution in [0, 0.1) is 28.7 Å². The number of hydrogen-bond acceptors (Lipinski definition) is 0. The third-order valence-corrected chi connectivity index (χ3v) is 1.69. The molecule has 88 valence electrons. The van der Waals surface area contributed by atoms with Crippen LogP contribution in [-0.2, 0) is 26.2 Å². The van der Waals surface area contributed by atoms with Gasteiger partial charge in [0.1, 0.15) is 0 Å². The van der Waals surface area contributed by atoms with E-state index in [4.69, 9.17) is 0 Å². The zero-order valence-corrected chi connectivity index (χ0v) is 13.1. The Hall–Kier alpha value is -0.937. The Kier molecular flexibility index (Phi) is 16.5. The minimum absolute atomic E-state index is 0. The summed E-state index contributed by atoms with van der Waals surface area (Å²) in [4.78, 5) is 0. The molecule has 0 fully saturated rings. The predicted octanol–water partition coefficient (Wildman–Crippen LogP) is 4.64. The molecular weight excluding hydrogens is 283 g/mol. The molecule has 0 saturated heterocycles. The minimum atomic E-state index is 0. The van der Waals surface area contributed by atoms with Crippen molar-refractivity contribution in [3.05, 3.63) is 100 Å². The van der Waals surface area contributed by atoms with Gasteiger partial charge in [0.25, 0.3) is 0 Å². The van der Waals surface area contributed by atoms with Crippen molar-refractivity contribution in [1.82, 2.24) is 0 Å². The second-order valence-corrected chi connectivity index (χ2v) is 2.97. The largest absolute Gasteiger partial charge is 4.00 e. The fourth-order valence-corrected chi connectivity index (χ4v) is 0.956. The van der Waals surface area contributed by atoms with E-state index in [0.29, 0.717) is 0 Å². The Labute approximate surface area is 126 Å². The molecule has 0 radical (unpaired) electrons. The van der Waals surface area contributed by atoms with Gasteiger partial charge in [-0.1, -0.05) is 12.1 Å². The Morgan fingerprint density at radius 1 is 0.529 bits per heavy atom. The normalized spacial score (nSPS) is 7.06. The maximum absolute atomic E-state index is 3.72. The van der Waals surface area contributed by atoms with Crippen molar-refractivity contribution in [2.75, 3.05) is 0 Å². The van der Waals surface area contributed by atoms with Gasteiger partial charge in [0.05, 0.1) is 0 Å². The predicted molar refractivity (Wildman–Crippen MR) is 74.6 cm³/mol. The molecule has 0 unspecified atom stereocenters. The van der Waals surface area contributed by atoms with Gasteiger partial charge in [-0.15, -0.1) is 24.3 Å². The molecule has 0 bridgehead atoms. The average molecular weight is 304 g/mol. The molecule has 2 rings (SSSR count). The van der Waals surface area contributed by atoms with Gasteiger partial charge in [-0.3, -0.25) is 0 Å². The zero-order chi connectivity index (χ0) is 10.2. The molecule has 0 aromatic heterocycles. The molecule has 0 aliphatic rings. The Balaban J connectivity index is -0.000000196. The molecule has 0 amide bonds. The van der Waals surface area contributed by atoms with Crippen molar-refractivity contribution in [2.24, 2.45) is 0 Å². The number of rotatable bonds is 0. The third kappa shape index (κ3) is 11.3. The van der Waals surface area contributed by atoms with Crippen LogP contribution in [0.25, 0.3) is 0 Å². The van der Waals surface area contributed by atoms with Gasteiger partial charge in [-0.25, -0.2) is 0 Å². The van der Waals surface area contributed by atoms with Crippen LogP contribution in [0.4, 0.5) is 0 Å². The van der Waals surface area contributed by atoms with Gasteiger partial charge in [0.2, 0.25) is 0 Å². The van der Waals surface area contributed by atoms with Gasteiger partial charge in [0, 0.05) is 0 Å². The molecule has 0 heterocycles. The van der Waals surface area contributed by atoms with Crippen LogP contribution in [0.3, 0.4) is 0 Å². The molecule has 17 heavy (non-hydrogen) atoms. The third-order valence-electron chi connectivity index (χ3n) is 1.69. The van der Waals surface area contributed by atoms with E-state index in [9.17, 15) is 0 Å². The monoisotopic (exact) mass is 302 g/mol. The van der Waals surface area contributed by atoms with E-state index < -0.39 is 0 Å². The van der Waals surface area contributed by atoms with Crippen molar-refractivity contribution in [2.45, 2.75) is 0 Å². The summed E-state index contributed by atoms with van der Waals surface area (Å²) < 4.78 is 0. The Bertz CT molecular complexity index is 303. The summed E-state index contributed by atoms with van der Waals surface area (Å²) in [5.74, 6) is 0. The first-order valence-electron chi connectivity index (χ1n) is 4.53. The summed E-state index contributed by atoms with van der Waals surface area (Å²) >= 11 is 0. The molecule has 0 nitrogen and oxygen atoms in total. The summed E-state index contributed by atoms with van der Waals surface area (Å²) in [6, 6.07) is 19.7. The summed E-state index contributed by atoms with van der Waals surface area (Å²) in [6.07, 6.45) is 0. The molecule has 0 N–H and O–H groups in total. The first kappa shape index (κ1) is 21.4. The zero-order valence-electron chi connectivity index (χ0n) is 10.7. The van der Waals surface area contributed by atoms with E-state index in [2.05, 4.69) is 13.8 Å². The summed E-state index contributed by atoms with van der Waals surface area (Å²) in [6.45, 7) is 7.44. The summed E-state index contributed by atoms with van der Waals surface area (Å²) in [7, 11) is 0. The van der Waals surface area contributed by atoms with Crippen LogP contribution in [0.2, 0.25) is 0 Å². The standard InChI is InChI=1S/2C7H7.2CH3.Zr/c2*1-7-5-3-2-4-6-7;;;/h2*2-6H,1H2;2*1H3;/q4*-1;+4. The van der Waals surface area contributed by atoms with E-state index in [1.54, 1.807) is 0 Å². The van der Waals surface area contributed by atoms with Crippen molar-refractivity contribution in [1.29, 1.82) is 0 Å². The summed E-state index contributed by atoms with van der Waals surface area (Å²) in [5.41, 5.74) is 2.14. The number of hydrogen-bond donors (Lipinski definition) is 0. The molecule has 2 aromatic rings.